The van der Waals surface area contributed by atoms with Gasteiger partial charge in [0.05, 0.1) is 19.0 Å². The lowest BCUT2D eigenvalue weighted by Gasteiger charge is -2.08. The van der Waals surface area contributed by atoms with Gasteiger partial charge in [-0.15, -0.1) is 0 Å². The molecule has 1 aromatic heterocycles. The van der Waals surface area contributed by atoms with Crippen molar-refractivity contribution in [3.63, 3.8) is 0 Å². The van der Waals surface area contributed by atoms with E-state index in [4.69, 9.17) is 4.74 Å². The first-order valence-corrected chi connectivity index (χ1v) is 6.73. The van der Waals surface area contributed by atoms with Crippen LogP contribution in [0.25, 0.3) is 0 Å². The first-order valence-electron chi connectivity index (χ1n) is 6.73. The van der Waals surface area contributed by atoms with Crippen LogP contribution in [0.4, 0.5) is 5.69 Å². The Bertz CT molecular complexity index is 622. The number of hydrogen-bond donors (Lipinski definition) is 2. The second-order valence-corrected chi connectivity index (χ2v) is 4.76. The van der Waals surface area contributed by atoms with Crippen molar-refractivity contribution in [2.24, 2.45) is 0 Å². The highest BCUT2D eigenvalue weighted by molar-refractivity contribution is 5.75. The zero-order valence-electron chi connectivity index (χ0n) is 12.5. The summed E-state index contributed by atoms with van der Waals surface area (Å²) in [4.78, 5) is 11.3. The third kappa shape index (κ3) is 3.98. The molecule has 0 aliphatic rings. The minimum Gasteiger partial charge on any atom is -0.496 e. The van der Waals surface area contributed by atoms with Crippen LogP contribution < -0.4 is 15.4 Å². The Hall–Kier alpha value is -2.50. The van der Waals surface area contributed by atoms with Gasteiger partial charge in [0.1, 0.15) is 12.3 Å². The molecule has 1 aromatic carbocycles. The standard InChI is InChI=1S/C15H20N4O2/c1-11-4-5-12(6-14(11)21-3)7-17-13-8-18-19(9-13)10-15(20)16-2/h4-6,8-9,17H,7,10H2,1-3H3,(H,16,20). The number of methoxy groups -OCH3 is 1. The first kappa shape index (κ1) is 14.9. The number of rotatable bonds is 6. The molecule has 0 bridgehead atoms. The molecular weight excluding hydrogens is 268 g/mol. The molecule has 1 amide bonds. The maximum absolute atomic E-state index is 11.3. The number of hydrogen-bond acceptors (Lipinski definition) is 4. The summed E-state index contributed by atoms with van der Waals surface area (Å²) >= 11 is 0. The summed E-state index contributed by atoms with van der Waals surface area (Å²) in [5, 5.41) is 9.97. The topological polar surface area (TPSA) is 68.2 Å². The Morgan fingerprint density at radius 3 is 2.95 bits per heavy atom. The Morgan fingerprint density at radius 2 is 2.24 bits per heavy atom. The third-order valence-electron chi connectivity index (χ3n) is 3.19. The Labute approximate surface area is 124 Å². The number of amides is 1. The van der Waals surface area contributed by atoms with Gasteiger partial charge in [-0.1, -0.05) is 12.1 Å². The van der Waals surface area contributed by atoms with Crippen molar-refractivity contribution in [1.29, 1.82) is 0 Å². The van der Waals surface area contributed by atoms with Gasteiger partial charge >= 0.3 is 0 Å². The van der Waals surface area contributed by atoms with Crippen LogP contribution in [-0.4, -0.2) is 29.8 Å². The number of benzene rings is 1. The quantitative estimate of drug-likeness (QED) is 0.846. The largest absolute Gasteiger partial charge is 0.496 e. The molecule has 112 valence electrons. The molecule has 0 saturated carbocycles. The lowest BCUT2D eigenvalue weighted by atomic mass is 10.1. The Kier molecular flexibility index (Phi) is 4.81. The van der Waals surface area contributed by atoms with E-state index in [9.17, 15) is 4.79 Å². The Balaban J connectivity index is 1.95. The summed E-state index contributed by atoms with van der Waals surface area (Å²) in [5.41, 5.74) is 3.11. The highest BCUT2D eigenvalue weighted by Crippen LogP contribution is 2.19. The Morgan fingerprint density at radius 1 is 1.43 bits per heavy atom. The van der Waals surface area contributed by atoms with Crippen LogP contribution in [0.15, 0.2) is 30.6 Å². The summed E-state index contributed by atoms with van der Waals surface area (Å²) in [6.45, 7) is 2.90. The molecule has 0 spiro atoms. The molecule has 0 saturated heterocycles. The fraction of sp³-hybridized carbons (Fsp3) is 0.333. The van der Waals surface area contributed by atoms with Gasteiger partial charge in [0, 0.05) is 19.8 Å². The predicted molar refractivity (Wildman–Crippen MR) is 81.4 cm³/mol. The average Bonchev–Trinajstić information content (AvgIpc) is 2.93. The number of likely N-dealkylation sites (N-methyl/N-ethyl adjacent to an activating group) is 1. The molecule has 2 rings (SSSR count). The van der Waals surface area contributed by atoms with E-state index in [-0.39, 0.29) is 12.5 Å². The van der Waals surface area contributed by atoms with Gasteiger partial charge in [-0.25, -0.2) is 0 Å². The van der Waals surface area contributed by atoms with E-state index in [0.717, 1.165) is 22.6 Å². The number of nitrogens with zero attached hydrogens (tertiary/aromatic N) is 2. The van der Waals surface area contributed by atoms with Crippen molar-refractivity contribution in [2.45, 2.75) is 20.0 Å². The number of nitrogens with one attached hydrogen (secondary N) is 2. The second-order valence-electron chi connectivity index (χ2n) is 4.76. The smallest absolute Gasteiger partial charge is 0.241 e. The van der Waals surface area contributed by atoms with Crippen LogP contribution in [0.3, 0.4) is 0 Å². The monoisotopic (exact) mass is 288 g/mol. The minimum absolute atomic E-state index is 0.0760. The third-order valence-corrected chi connectivity index (χ3v) is 3.19. The zero-order valence-corrected chi connectivity index (χ0v) is 12.5. The van der Waals surface area contributed by atoms with E-state index in [0.29, 0.717) is 6.54 Å². The number of ether oxygens (including phenoxy) is 1. The normalized spacial score (nSPS) is 10.2. The average molecular weight is 288 g/mol. The van der Waals surface area contributed by atoms with Crippen LogP contribution in [0.1, 0.15) is 11.1 Å². The highest BCUT2D eigenvalue weighted by atomic mass is 16.5. The molecule has 0 atom stereocenters. The maximum Gasteiger partial charge on any atom is 0.241 e. The summed E-state index contributed by atoms with van der Waals surface area (Å²) in [6.07, 6.45) is 3.51. The van der Waals surface area contributed by atoms with Gasteiger partial charge in [-0.05, 0) is 24.1 Å². The molecule has 0 aliphatic carbocycles. The summed E-state index contributed by atoms with van der Waals surface area (Å²) in [5.74, 6) is 0.803. The van der Waals surface area contributed by atoms with E-state index in [1.165, 1.54) is 0 Å². The number of aromatic nitrogens is 2. The second kappa shape index (κ2) is 6.78. The minimum atomic E-state index is -0.0760. The molecule has 21 heavy (non-hydrogen) atoms. The molecule has 6 heteroatoms. The lowest BCUT2D eigenvalue weighted by molar-refractivity contribution is -0.121. The highest BCUT2D eigenvalue weighted by Gasteiger charge is 2.04. The number of carbonyl (C=O) groups is 1. The van der Waals surface area contributed by atoms with Crippen LogP contribution in [0.2, 0.25) is 0 Å². The van der Waals surface area contributed by atoms with Crippen molar-refractivity contribution in [3.8, 4) is 5.75 Å². The fourth-order valence-corrected chi connectivity index (χ4v) is 1.95. The first-order chi connectivity index (χ1) is 10.1. The predicted octanol–water partition coefficient (Wildman–Crippen LogP) is 1.56. The van der Waals surface area contributed by atoms with Gasteiger partial charge in [0.2, 0.25) is 5.91 Å². The van der Waals surface area contributed by atoms with E-state index in [2.05, 4.69) is 21.8 Å². The number of aryl methyl sites for hydroxylation is 1. The molecule has 0 unspecified atom stereocenters. The van der Waals surface area contributed by atoms with Crippen LogP contribution >= 0.6 is 0 Å². The molecule has 2 aromatic rings. The van der Waals surface area contributed by atoms with E-state index < -0.39 is 0 Å². The van der Waals surface area contributed by atoms with Gasteiger partial charge in [0.25, 0.3) is 0 Å². The molecule has 0 fully saturated rings. The zero-order chi connectivity index (χ0) is 15.2. The van der Waals surface area contributed by atoms with Crippen molar-refractivity contribution in [2.75, 3.05) is 19.5 Å². The van der Waals surface area contributed by atoms with Gasteiger partial charge in [-0.2, -0.15) is 5.10 Å². The van der Waals surface area contributed by atoms with Crippen molar-refractivity contribution >= 4 is 11.6 Å². The lowest BCUT2D eigenvalue weighted by Crippen LogP contribution is -2.23. The van der Waals surface area contributed by atoms with Crippen LogP contribution in [0.5, 0.6) is 5.75 Å². The van der Waals surface area contributed by atoms with E-state index in [1.54, 1.807) is 31.2 Å². The SMILES string of the molecule is CNC(=O)Cn1cc(NCc2ccc(C)c(OC)c2)cn1. The van der Waals surface area contributed by atoms with E-state index >= 15 is 0 Å². The van der Waals surface area contributed by atoms with Crippen molar-refractivity contribution in [1.82, 2.24) is 15.1 Å². The molecule has 0 aliphatic heterocycles. The summed E-state index contributed by atoms with van der Waals surface area (Å²) in [7, 11) is 3.28. The van der Waals surface area contributed by atoms with Crippen molar-refractivity contribution in [3.05, 3.63) is 41.7 Å². The van der Waals surface area contributed by atoms with Gasteiger partial charge in [0.15, 0.2) is 0 Å². The van der Waals surface area contributed by atoms with Gasteiger partial charge in [-0.3, -0.25) is 9.48 Å². The van der Waals surface area contributed by atoms with Crippen LogP contribution in [0, 0.1) is 6.92 Å². The molecule has 6 nitrogen and oxygen atoms in total. The molecule has 0 radical (unpaired) electrons. The molecular formula is C15H20N4O2. The van der Waals surface area contributed by atoms with Crippen LogP contribution in [-0.2, 0) is 17.9 Å². The van der Waals surface area contributed by atoms with E-state index in [1.807, 2.05) is 19.1 Å². The van der Waals surface area contributed by atoms with Crippen molar-refractivity contribution < 1.29 is 9.53 Å². The summed E-state index contributed by atoms with van der Waals surface area (Å²) in [6, 6.07) is 6.10. The summed E-state index contributed by atoms with van der Waals surface area (Å²) < 4.78 is 6.90. The molecule has 1 heterocycles. The number of carbonyl (C=O) groups excluding carboxylic acids is 1. The molecule has 2 N–H and O–H groups in total. The van der Waals surface area contributed by atoms with Gasteiger partial charge < -0.3 is 15.4 Å². The fourth-order valence-electron chi connectivity index (χ4n) is 1.95. The maximum atomic E-state index is 11.3. The number of anilines is 1.